The molecule has 212 valence electrons. The van der Waals surface area contributed by atoms with Gasteiger partial charge in [-0.05, 0) is 66.9 Å². The van der Waals surface area contributed by atoms with Crippen LogP contribution in [0.4, 0.5) is 10.1 Å². The van der Waals surface area contributed by atoms with Crippen LogP contribution in [0.2, 0.25) is 5.02 Å². The Morgan fingerprint density at radius 2 is 1.88 bits per heavy atom. The van der Waals surface area contributed by atoms with Gasteiger partial charge in [0.15, 0.2) is 0 Å². The molecule has 1 amide bonds. The van der Waals surface area contributed by atoms with Gasteiger partial charge in [0.05, 0.1) is 35.6 Å². The number of aromatic hydroxyl groups is 1. The molecule has 42 heavy (non-hydrogen) atoms. The third-order valence-corrected chi connectivity index (χ3v) is 7.60. The highest BCUT2D eigenvalue weighted by Gasteiger charge is 2.23. The molecular weight excluding hydrogens is 561 g/mol. The number of rotatable bonds is 3. The largest absolute Gasteiger partial charge is 0.491 e. The second kappa shape index (κ2) is 11.2. The van der Waals surface area contributed by atoms with Crippen molar-refractivity contribution < 1.29 is 14.3 Å². The number of anilines is 1. The standard InChI is InChI=1S/C30H25ClFN7O3/c1-17-3-2-4-27(25-11-18(9-10-33-25)21-13-20(32)6-7-23(21)35-30(17)42)38-16-34-24(14-29(38)41)22-12-19(31)5-8-26(22)39-15-28(40)36-37-39/h5-17,27,40H,2-4H2,1H3,(H,35,42). The first-order valence-corrected chi connectivity index (χ1v) is 13.7. The van der Waals surface area contributed by atoms with Crippen LogP contribution < -0.4 is 10.9 Å². The maximum Gasteiger partial charge on any atom is 0.254 e. The average Bonchev–Trinajstić information content (AvgIpc) is 3.41. The maximum atomic E-state index is 14.3. The monoisotopic (exact) mass is 585 g/mol. The van der Waals surface area contributed by atoms with Crippen molar-refractivity contribution in [1.29, 1.82) is 0 Å². The number of pyridine rings is 1. The van der Waals surface area contributed by atoms with Crippen molar-refractivity contribution in [2.24, 2.45) is 5.92 Å². The summed E-state index contributed by atoms with van der Waals surface area (Å²) < 4.78 is 17.2. The maximum absolute atomic E-state index is 14.3. The van der Waals surface area contributed by atoms with Gasteiger partial charge in [0.25, 0.3) is 11.4 Å². The van der Waals surface area contributed by atoms with Crippen molar-refractivity contribution >= 4 is 23.2 Å². The van der Waals surface area contributed by atoms with Gasteiger partial charge in [0.2, 0.25) is 5.91 Å². The molecule has 5 aromatic rings. The van der Waals surface area contributed by atoms with Crippen molar-refractivity contribution in [2.45, 2.75) is 32.2 Å². The van der Waals surface area contributed by atoms with Gasteiger partial charge in [-0.25, -0.2) is 14.1 Å². The van der Waals surface area contributed by atoms with Crippen LogP contribution >= 0.6 is 11.6 Å². The van der Waals surface area contributed by atoms with Crippen LogP contribution in [0.3, 0.4) is 0 Å². The number of amides is 1. The number of aromatic nitrogens is 6. The molecule has 0 spiro atoms. The van der Waals surface area contributed by atoms with E-state index >= 15 is 0 Å². The number of nitrogens with zero attached hydrogens (tertiary/aromatic N) is 6. The first-order chi connectivity index (χ1) is 20.3. The number of carbonyl (C=O) groups is 1. The van der Waals surface area contributed by atoms with Gasteiger partial charge in [-0.15, -0.1) is 0 Å². The SMILES string of the molecule is CC1CCCC(n2cnc(-c3cc(Cl)ccc3-n3cc(O)nn3)cc2=O)c2cc(ccn2)-c2cc(F)ccc2NC1=O. The van der Waals surface area contributed by atoms with Crippen molar-refractivity contribution in [1.82, 2.24) is 29.5 Å². The lowest BCUT2D eigenvalue weighted by Crippen LogP contribution is -2.27. The molecule has 0 fully saturated rings. The molecule has 4 heterocycles. The molecule has 2 bridgehead atoms. The Morgan fingerprint density at radius 3 is 2.67 bits per heavy atom. The molecule has 0 saturated carbocycles. The molecule has 1 aliphatic heterocycles. The van der Waals surface area contributed by atoms with Crippen molar-refractivity contribution in [2.75, 3.05) is 5.32 Å². The summed E-state index contributed by atoms with van der Waals surface area (Å²) in [5.74, 6) is -1.15. The van der Waals surface area contributed by atoms with E-state index < -0.39 is 11.9 Å². The molecular formula is C30H25ClFN7O3. The Morgan fingerprint density at radius 1 is 1.02 bits per heavy atom. The Bertz CT molecular complexity index is 1870. The van der Waals surface area contributed by atoms with Gasteiger partial charge >= 0.3 is 0 Å². The van der Waals surface area contributed by atoms with Crippen LogP contribution in [0, 0.1) is 11.7 Å². The van der Waals surface area contributed by atoms with E-state index in [1.165, 1.54) is 40.0 Å². The van der Waals surface area contributed by atoms with Gasteiger partial charge in [-0.2, -0.15) is 0 Å². The third-order valence-electron chi connectivity index (χ3n) is 7.37. The zero-order valence-electron chi connectivity index (χ0n) is 22.4. The van der Waals surface area contributed by atoms with Gasteiger partial charge in [-0.3, -0.25) is 19.1 Å². The molecule has 0 radical (unpaired) electrons. The Kier molecular flexibility index (Phi) is 7.26. The lowest BCUT2D eigenvalue weighted by Gasteiger charge is -2.23. The summed E-state index contributed by atoms with van der Waals surface area (Å²) in [7, 11) is 0. The van der Waals surface area contributed by atoms with Crippen LogP contribution in [-0.4, -0.2) is 40.5 Å². The Balaban J connectivity index is 1.44. The van der Waals surface area contributed by atoms with E-state index in [1.807, 2.05) is 13.0 Å². The number of nitrogens with one attached hydrogen (secondary N) is 1. The second-order valence-electron chi connectivity index (χ2n) is 10.2. The molecule has 2 atom stereocenters. The average molecular weight is 586 g/mol. The van der Waals surface area contributed by atoms with Crippen LogP contribution in [0.1, 0.15) is 37.9 Å². The summed E-state index contributed by atoms with van der Waals surface area (Å²) >= 11 is 6.28. The zero-order valence-corrected chi connectivity index (χ0v) is 23.2. The summed E-state index contributed by atoms with van der Waals surface area (Å²) in [6.45, 7) is 1.84. The summed E-state index contributed by atoms with van der Waals surface area (Å²) in [6.07, 6.45) is 6.16. The Labute approximate surface area is 244 Å². The minimum absolute atomic E-state index is 0.157. The summed E-state index contributed by atoms with van der Waals surface area (Å²) in [5.41, 5.74) is 3.37. The van der Waals surface area contributed by atoms with E-state index in [0.29, 0.717) is 63.7 Å². The van der Waals surface area contributed by atoms with Crippen molar-refractivity contribution in [3.05, 3.63) is 100 Å². The molecule has 6 rings (SSSR count). The molecule has 2 unspecified atom stereocenters. The first-order valence-electron chi connectivity index (χ1n) is 13.3. The fourth-order valence-electron chi connectivity index (χ4n) is 5.17. The zero-order chi connectivity index (χ0) is 29.4. The van der Waals surface area contributed by atoms with Crippen LogP contribution in [-0.2, 0) is 4.79 Å². The molecule has 2 N–H and O–H groups in total. The van der Waals surface area contributed by atoms with E-state index in [9.17, 15) is 19.1 Å². The summed E-state index contributed by atoms with van der Waals surface area (Å²) in [6, 6.07) is 13.7. The fraction of sp³-hybridized carbons (Fsp3) is 0.200. The number of halogens is 2. The lowest BCUT2D eigenvalue weighted by atomic mass is 9.95. The van der Waals surface area contributed by atoms with Crippen LogP contribution in [0.15, 0.2) is 78.1 Å². The lowest BCUT2D eigenvalue weighted by molar-refractivity contribution is -0.119. The molecule has 12 heteroatoms. The number of hydrogen-bond donors (Lipinski definition) is 2. The van der Waals surface area contributed by atoms with E-state index in [4.69, 9.17) is 11.6 Å². The highest BCUT2D eigenvalue weighted by Crippen LogP contribution is 2.34. The van der Waals surface area contributed by atoms with Crippen molar-refractivity contribution in [3.63, 3.8) is 0 Å². The minimum atomic E-state index is -0.489. The highest BCUT2D eigenvalue weighted by molar-refractivity contribution is 6.31. The van der Waals surface area contributed by atoms with Gasteiger partial charge < -0.3 is 10.4 Å². The molecule has 0 aliphatic carbocycles. The number of hydrogen-bond acceptors (Lipinski definition) is 7. The minimum Gasteiger partial charge on any atom is -0.491 e. The predicted molar refractivity (Wildman–Crippen MR) is 155 cm³/mol. The van der Waals surface area contributed by atoms with Crippen LogP contribution in [0.5, 0.6) is 5.88 Å². The predicted octanol–water partition coefficient (Wildman–Crippen LogP) is 5.40. The summed E-state index contributed by atoms with van der Waals surface area (Å²) in [4.78, 5) is 35.8. The molecule has 0 saturated heterocycles. The number of carbonyl (C=O) groups excluding carboxylic acids is 1. The molecule has 3 aromatic heterocycles. The summed E-state index contributed by atoms with van der Waals surface area (Å²) in [5, 5.41) is 20.6. The highest BCUT2D eigenvalue weighted by atomic mass is 35.5. The van der Waals surface area contributed by atoms with Gasteiger partial charge in [-0.1, -0.05) is 35.3 Å². The van der Waals surface area contributed by atoms with E-state index in [1.54, 1.807) is 36.5 Å². The van der Waals surface area contributed by atoms with E-state index in [-0.39, 0.29) is 23.3 Å². The quantitative estimate of drug-likeness (QED) is 0.290. The number of fused-ring (bicyclic) bond motifs is 4. The smallest absolute Gasteiger partial charge is 0.254 e. The molecule has 10 nitrogen and oxygen atoms in total. The second-order valence-corrected chi connectivity index (χ2v) is 10.6. The van der Waals surface area contributed by atoms with Crippen LogP contribution in [0.25, 0.3) is 28.1 Å². The van der Waals surface area contributed by atoms with Gasteiger partial charge in [0.1, 0.15) is 5.82 Å². The van der Waals surface area contributed by atoms with Gasteiger partial charge in [0, 0.05) is 40.0 Å². The van der Waals surface area contributed by atoms with E-state index in [2.05, 4.69) is 25.6 Å². The normalized spacial score (nSPS) is 17.1. The Hall–Kier alpha value is -4.90. The molecule has 2 aromatic carbocycles. The number of benzene rings is 2. The van der Waals surface area contributed by atoms with Crippen molar-refractivity contribution in [3.8, 4) is 34.0 Å². The third kappa shape index (κ3) is 5.38. The fourth-order valence-corrected chi connectivity index (χ4v) is 5.35. The molecule has 1 aliphatic rings. The van der Waals surface area contributed by atoms with E-state index in [0.717, 1.165) is 0 Å². The first kappa shape index (κ1) is 27.3. The topological polar surface area (TPSA) is 128 Å².